The standard InChI is InChI=1S/C19H24O5S.Na/c1-2-3-4-5-6-7-15-8-10-16(11-9-15)24-17-12-13-19(18(20)14-17)25(21,22)23;/h8-14,20H,2-7H2,1H3,(H,21,22,23);/q;+1/p-1. The molecule has 0 saturated carbocycles. The van der Waals surface area contributed by atoms with Gasteiger partial charge in [0.05, 0.1) is 4.90 Å². The first-order chi connectivity index (χ1) is 11.9. The minimum absolute atomic E-state index is 0. The summed E-state index contributed by atoms with van der Waals surface area (Å²) < 4.78 is 36.5. The smallest absolute Gasteiger partial charge is 0.871 e. The molecule has 0 spiro atoms. The number of unbranched alkanes of at least 4 members (excludes halogenated alkanes) is 4. The summed E-state index contributed by atoms with van der Waals surface area (Å²) in [5.74, 6) is -0.0119. The summed E-state index contributed by atoms with van der Waals surface area (Å²) in [7, 11) is -4.51. The predicted octanol–water partition coefficient (Wildman–Crippen LogP) is 1.32. The van der Waals surface area contributed by atoms with Gasteiger partial charge in [0.15, 0.2) is 0 Å². The zero-order valence-corrected chi connectivity index (χ0v) is 18.1. The van der Waals surface area contributed by atoms with E-state index in [1.807, 2.05) is 24.3 Å². The van der Waals surface area contributed by atoms with Crippen molar-refractivity contribution < 1.29 is 52.4 Å². The third-order valence-electron chi connectivity index (χ3n) is 3.92. The first-order valence-corrected chi connectivity index (χ1v) is 9.89. The first kappa shape index (κ1) is 23.0. The van der Waals surface area contributed by atoms with E-state index in [0.717, 1.165) is 25.0 Å². The van der Waals surface area contributed by atoms with Crippen molar-refractivity contribution in [1.29, 1.82) is 0 Å². The van der Waals surface area contributed by atoms with Crippen molar-refractivity contribution in [2.45, 2.75) is 50.3 Å². The molecule has 2 rings (SSSR count). The van der Waals surface area contributed by atoms with Crippen LogP contribution in [0.15, 0.2) is 47.4 Å². The van der Waals surface area contributed by atoms with Gasteiger partial charge in [-0.15, -0.1) is 0 Å². The van der Waals surface area contributed by atoms with Crippen LogP contribution in [0.4, 0.5) is 0 Å². The van der Waals surface area contributed by atoms with E-state index >= 15 is 0 Å². The predicted molar refractivity (Wildman–Crippen MR) is 94.7 cm³/mol. The van der Waals surface area contributed by atoms with Crippen LogP contribution in [-0.2, 0) is 16.5 Å². The van der Waals surface area contributed by atoms with E-state index in [1.54, 1.807) is 0 Å². The number of rotatable bonds is 9. The Morgan fingerprint density at radius 1 is 0.962 bits per heavy atom. The average molecular weight is 386 g/mol. The summed E-state index contributed by atoms with van der Waals surface area (Å²) in [6, 6.07) is 11.0. The van der Waals surface area contributed by atoms with Gasteiger partial charge in [0, 0.05) is 0 Å². The molecule has 0 aromatic heterocycles. The largest absolute Gasteiger partial charge is 1.00 e. The molecule has 0 atom stereocenters. The molecule has 0 unspecified atom stereocenters. The Kier molecular flexibility index (Phi) is 9.68. The Morgan fingerprint density at radius 2 is 1.58 bits per heavy atom. The molecule has 0 aliphatic rings. The third-order valence-corrected chi connectivity index (χ3v) is 4.81. The van der Waals surface area contributed by atoms with E-state index < -0.39 is 20.8 Å². The van der Waals surface area contributed by atoms with Crippen LogP contribution in [0, 0.1) is 0 Å². The SMILES string of the molecule is CCCCCCCc1ccc(Oc2ccc(S(=O)(=O)O)c([O-])c2)cc1.[Na+]. The molecule has 0 bridgehead atoms. The minimum atomic E-state index is -4.51. The number of ether oxygens (including phenoxy) is 1. The van der Waals surface area contributed by atoms with Crippen LogP contribution >= 0.6 is 0 Å². The van der Waals surface area contributed by atoms with Crippen molar-refractivity contribution in [3.05, 3.63) is 48.0 Å². The van der Waals surface area contributed by atoms with Crippen LogP contribution in [0.1, 0.15) is 44.6 Å². The van der Waals surface area contributed by atoms with Crippen molar-refractivity contribution in [2.24, 2.45) is 0 Å². The quantitative estimate of drug-likeness (QED) is 0.399. The molecule has 2 aromatic rings. The van der Waals surface area contributed by atoms with Crippen molar-refractivity contribution in [2.75, 3.05) is 0 Å². The molecule has 0 amide bonds. The van der Waals surface area contributed by atoms with Gasteiger partial charge in [0.1, 0.15) is 11.5 Å². The second-order valence-electron chi connectivity index (χ2n) is 5.99. The van der Waals surface area contributed by atoms with Gasteiger partial charge < -0.3 is 9.84 Å². The molecule has 0 fully saturated rings. The van der Waals surface area contributed by atoms with Crippen molar-refractivity contribution >= 4 is 10.1 Å². The zero-order valence-electron chi connectivity index (χ0n) is 15.3. The summed E-state index contributed by atoms with van der Waals surface area (Å²) in [6.45, 7) is 2.20. The fourth-order valence-corrected chi connectivity index (χ4v) is 3.11. The van der Waals surface area contributed by atoms with Crippen molar-refractivity contribution in [1.82, 2.24) is 0 Å². The van der Waals surface area contributed by atoms with Crippen molar-refractivity contribution in [3.63, 3.8) is 0 Å². The van der Waals surface area contributed by atoms with Gasteiger partial charge in [-0.3, -0.25) is 4.55 Å². The van der Waals surface area contributed by atoms with E-state index in [4.69, 9.17) is 9.29 Å². The van der Waals surface area contributed by atoms with Crippen LogP contribution in [0.25, 0.3) is 0 Å². The van der Waals surface area contributed by atoms with Gasteiger partial charge in [-0.25, -0.2) is 0 Å². The molecule has 5 nitrogen and oxygen atoms in total. The molecule has 26 heavy (non-hydrogen) atoms. The molecule has 0 saturated heterocycles. The molecular formula is C19H23NaO5S. The average Bonchev–Trinajstić information content (AvgIpc) is 2.55. The third kappa shape index (κ3) is 7.29. The van der Waals surface area contributed by atoms with E-state index in [-0.39, 0.29) is 35.3 Å². The van der Waals surface area contributed by atoms with Gasteiger partial charge in [-0.1, -0.05) is 50.5 Å². The fourth-order valence-electron chi connectivity index (χ4n) is 2.56. The molecule has 7 heteroatoms. The maximum Gasteiger partial charge on any atom is 1.00 e. The van der Waals surface area contributed by atoms with E-state index in [0.29, 0.717) is 5.75 Å². The van der Waals surface area contributed by atoms with Crippen molar-refractivity contribution in [3.8, 4) is 17.2 Å². The normalized spacial score (nSPS) is 11.0. The summed E-state index contributed by atoms with van der Waals surface area (Å²) in [5.41, 5.74) is 1.23. The van der Waals surface area contributed by atoms with E-state index in [1.165, 1.54) is 37.3 Å². The molecule has 2 aromatic carbocycles. The van der Waals surface area contributed by atoms with Gasteiger partial charge in [-0.2, -0.15) is 8.42 Å². The maximum atomic E-state index is 11.7. The van der Waals surface area contributed by atoms with E-state index in [9.17, 15) is 13.5 Å². The van der Waals surface area contributed by atoms with Gasteiger partial charge in [-0.05, 0) is 48.7 Å². The minimum Gasteiger partial charge on any atom is -0.871 e. The second kappa shape index (κ2) is 10.9. The van der Waals surface area contributed by atoms with Gasteiger partial charge >= 0.3 is 29.6 Å². The molecule has 0 radical (unpaired) electrons. The maximum absolute atomic E-state index is 11.7. The summed E-state index contributed by atoms with van der Waals surface area (Å²) >= 11 is 0. The van der Waals surface area contributed by atoms with Crippen LogP contribution < -0.4 is 39.4 Å². The number of hydrogen-bond donors (Lipinski definition) is 1. The Balaban J connectivity index is 0.00000338. The summed E-state index contributed by atoms with van der Waals surface area (Å²) in [5, 5.41) is 11.7. The number of benzene rings is 2. The van der Waals surface area contributed by atoms with Crippen LogP contribution in [0.3, 0.4) is 0 Å². The first-order valence-electron chi connectivity index (χ1n) is 8.45. The Morgan fingerprint density at radius 3 is 2.15 bits per heavy atom. The number of hydrogen-bond acceptors (Lipinski definition) is 4. The summed E-state index contributed by atoms with van der Waals surface area (Å²) in [4.78, 5) is -0.654. The fraction of sp³-hybridized carbons (Fsp3) is 0.368. The molecular weight excluding hydrogens is 363 g/mol. The molecule has 0 heterocycles. The number of aryl methyl sites for hydroxylation is 1. The van der Waals surface area contributed by atoms with Crippen LogP contribution in [0.5, 0.6) is 17.2 Å². The molecule has 136 valence electrons. The Bertz CT molecular complexity index is 788. The van der Waals surface area contributed by atoms with Gasteiger partial charge in [0.2, 0.25) is 0 Å². The monoisotopic (exact) mass is 386 g/mol. The summed E-state index contributed by atoms with van der Waals surface area (Å²) in [6.07, 6.45) is 7.22. The zero-order chi connectivity index (χ0) is 18.3. The van der Waals surface area contributed by atoms with Crippen LogP contribution in [0.2, 0.25) is 0 Å². The van der Waals surface area contributed by atoms with Crippen LogP contribution in [-0.4, -0.2) is 13.0 Å². The topological polar surface area (TPSA) is 86.7 Å². The second-order valence-corrected chi connectivity index (χ2v) is 7.38. The Labute approximate surface area is 177 Å². The molecule has 1 N–H and O–H groups in total. The molecule has 0 aliphatic carbocycles. The Hall–Kier alpha value is -1.05. The van der Waals surface area contributed by atoms with Gasteiger partial charge in [0.25, 0.3) is 10.1 Å². The van der Waals surface area contributed by atoms with E-state index in [2.05, 4.69) is 6.92 Å². The molecule has 0 aliphatic heterocycles.